The van der Waals surface area contributed by atoms with E-state index in [0.29, 0.717) is 36.5 Å². The average Bonchev–Trinajstić information content (AvgIpc) is 3.39. The molecular weight excluding hydrogens is 386 g/mol. The molecule has 2 amide bonds. The number of carbonyl (C=O) groups excluding carboxylic acids is 1. The van der Waals surface area contributed by atoms with Crippen molar-refractivity contribution in [3.05, 3.63) is 48.2 Å². The van der Waals surface area contributed by atoms with Gasteiger partial charge in [0.25, 0.3) is 5.95 Å². The largest absolute Gasteiger partial charge is 0.337 e. The number of urea groups is 1. The van der Waals surface area contributed by atoms with Crippen LogP contribution in [0.5, 0.6) is 0 Å². The molecule has 30 heavy (non-hydrogen) atoms. The molecular formula is C18H17N11O. The number of hydrogen-bond donors (Lipinski definition) is 2. The van der Waals surface area contributed by atoms with Gasteiger partial charge in [0.05, 0.1) is 12.1 Å². The molecule has 4 aromatic heterocycles. The van der Waals surface area contributed by atoms with Gasteiger partial charge in [-0.25, -0.2) is 9.31 Å². The van der Waals surface area contributed by atoms with E-state index in [1.54, 1.807) is 29.0 Å². The Bertz CT molecular complexity index is 1240. The molecule has 0 saturated heterocycles. The van der Waals surface area contributed by atoms with Crippen LogP contribution in [0.3, 0.4) is 0 Å². The molecule has 0 aliphatic heterocycles. The van der Waals surface area contributed by atoms with Crippen LogP contribution in [0, 0.1) is 11.3 Å². The zero-order valence-electron chi connectivity index (χ0n) is 16.0. The monoisotopic (exact) mass is 403 g/mol. The summed E-state index contributed by atoms with van der Waals surface area (Å²) in [6.07, 6.45) is 5.39. The van der Waals surface area contributed by atoms with Gasteiger partial charge >= 0.3 is 6.03 Å². The minimum absolute atomic E-state index is 0.170. The fourth-order valence-electron chi connectivity index (χ4n) is 2.71. The van der Waals surface area contributed by atoms with Crippen molar-refractivity contribution < 1.29 is 4.79 Å². The first-order valence-corrected chi connectivity index (χ1v) is 9.18. The lowest BCUT2D eigenvalue weighted by Gasteiger charge is -2.02. The zero-order chi connectivity index (χ0) is 20.9. The molecule has 0 bridgehead atoms. The number of nitriles is 1. The van der Waals surface area contributed by atoms with Gasteiger partial charge in [-0.1, -0.05) is 0 Å². The summed E-state index contributed by atoms with van der Waals surface area (Å²) in [5.41, 5.74) is 2.64. The summed E-state index contributed by atoms with van der Waals surface area (Å²) in [4.78, 5) is 21.9. The Morgan fingerprint density at radius 3 is 2.93 bits per heavy atom. The normalized spacial score (nSPS) is 10.7. The van der Waals surface area contributed by atoms with Crippen LogP contribution in [-0.4, -0.2) is 52.4 Å². The van der Waals surface area contributed by atoms with Crippen molar-refractivity contribution in [1.82, 2.24) is 45.1 Å². The van der Waals surface area contributed by atoms with Crippen molar-refractivity contribution in [2.24, 2.45) is 0 Å². The molecule has 0 aliphatic rings. The lowest BCUT2D eigenvalue weighted by Crippen LogP contribution is -2.31. The number of nitrogens with zero attached hydrogens (tertiary/aromatic N) is 9. The van der Waals surface area contributed by atoms with Crippen LogP contribution in [0.25, 0.3) is 16.8 Å². The minimum Gasteiger partial charge on any atom is -0.337 e. The number of tetrazole rings is 1. The highest BCUT2D eigenvalue weighted by Gasteiger charge is 2.10. The van der Waals surface area contributed by atoms with Crippen molar-refractivity contribution in [3.8, 4) is 17.2 Å². The van der Waals surface area contributed by atoms with E-state index in [9.17, 15) is 4.79 Å². The van der Waals surface area contributed by atoms with Crippen molar-refractivity contribution in [3.63, 3.8) is 0 Å². The summed E-state index contributed by atoms with van der Waals surface area (Å²) in [7, 11) is 0. The Kier molecular flexibility index (Phi) is 5.25. The Morgan fingerprint density at radius 1 is 1.23 bits per heavy atom. The quantitative estimate of drug-likeness (QED) is 0.484. The van der Waals surface area contributed by atoms with Crippen LogP contribution >= 0.6 is 0 Å². The summed E-state index contributed by atoms with van der Waals surface area (Å²) in [5, 5.41) is 30.5. The molecule has 0 spiro atoms. The molecule has 0 unspecified atom stereocenters. The highest BCUT2D eigenvalue weighted by atomic mass is 16.2. The van der Waals surface area contributed by atoms with E-state index >= 15 is 0 Å². The first-order valence-electron chi connectivity index (χ1n) is 9.18. The van der Waals surface area contributed by atoms with Gasteiger partial charge in [0.2, 0.25) is 0 Å². The fraction of sp³-hybridized carbons (Fsp3) is 0.222. The standard InChI is InChI=1S/C18H17N11O/c1-2-29-25-15(24-27-29)5-6-21-18(30)23-17-22-16-4-3-13(11-28(16)26-17)14-7-12(8-19)9-20-10-14/h3-4,7,9-11H,2,5-6H2,1H3,(H2,21,23,26,30). The van der Waals surface area contributed by atoms with Crippen molar-refractivity contribution in [1.29, 1.82) is 5.26 Å². The second-order valence-electron chi connectivity index (χ2n) is 6.26. The average molecular weight is 403 g/mol. The number of aromatic nitrogens is 8. The number of carbonyl (C=O) groups is 1. The Hall–Kier alpha value is -4.40. The van der Waals surface area contributed by atoms with Crippen LogP contribution < -0.4 is 10.6 Å². The number of pyridine rings is 2. The van der Waals surface area contributed by atoms with Gasteiger partial charge in [-0.05, 0) is 30.3 Å². The van der Waals surface area contributed by atoms with Crippen LogP contribution in [0.4, 0.5) is 10.7 Å². The number of nitrogens with one attached hydrogen (secondary N) is 2. The third-order valence-electron chi connectivity index (χ3n) is 4.17. The van der Waals surface area contributed by atoms with Gasteiger partial charge in [0.1, 0.15) is 6.07 Å². The molecule has 0 atom stereocenters. The number of rotatable bonds is 6. The molecule has 0 fully saturated rings. The third-order valence-corrected chi connectivity index (χ3v) is 4.17. The SMILES string of the molecule is CCn1nnc(CCNC(=O)Nc2nc3ccc(-c4cncc(C#N)c4)cn3n2)n1. The first-order chi connectivity index (χ1) is 14.6. The first kappa shape index (κ1) is 18.9. The number of fused-ring (bicyclic) bond motifs is 1. The highest BCUT2D eigenvalue weighted by Crippen LogP contribution is 2.20. The second kappa shape index (κ2) is 8.31. The van der Waals surface area contributed by atoms with E-state index in [1.807, 2.05) is 13.0 Å². The second-order valence-corrected chi connectivity index (χ2v) is 6.26. The molecule has 4 heterocycles. The van der Waals surface area contributed by atoms with E-state index in [4.69, 9.17) is 5.26 Å². The van der Waals surface area contributed by atoms with Gasteiger partial charge in [-0.3, -0.25) is 10.3 Å². The summed E-state index contributed by atoms with van der Waals surface area (Å²) in [5.74, 6) is 0.731. The molecule has 4 rings (SSSR count). The van der Waals surface area contributed by atoms with Gasteiger partial charge in [0, 0.05) is 42.7 Å². The fourth-order valence-corrected chi connectivity index (χ4v) is 2.71. The summed E-state index contributed by atoms with van der Waals surface area (Å²) < 4.78 is 1.55. The predicted octanol–water partition coefficient (Wildman–Crippen LogP) is 1.03. The molecule has 150 valence electrons. The van der Waals surface area contributed by atoms with E-state index in [-0.39, 0.29) is 5.95 Å². The number of aryl methyl sites for hydroxylation is 1. The molecule has 12 nitrogen and oxygen atoms in total. The smallest absolute Gasteiger partial charge is 0.321 e. The summed E-state index contributed by atoms with van der Waals surface area (Å²) in [6.45, 7) is 2.91. The van der Waals surface area contributed by atoms with E-state index in [0.717, 1.165) is 11.1 Å². The predicted molar refractivity (Wildman–Crippen MR) is 105 cm³/mol. The number of amides is 2. The maximum atomic E-state index is 12.1. The summed E-state index contributed by atoms with van der Waals surface area (Å²) in [6, 6.07) is 7.00. The van der Waals surface area contributed by atoms with Crippen LogP contribution in [0.15, 0.2) is 36.8 Å². The van der Waals surface area contributed by atoms with Crippen molar-refractivity contribution >= 4 is 17.6 Å². The van der Waals surface area contributed by atoms with Gasteiger partial charge in [-0.2, -0.15) is 15.0 Å². The molecule has 0 radical (unpaired) electrons. The number of anilines is 1. The topological polar surface area (TPSA) is 152 Å². The highest BCUT2D eigenvalue weighted by molar-refractivity contribution is 5.87. The maximum absolute atomic E-state index is 12.1. The lowest BCUT2D eigenvalue weighted by molar-refractivity contribution is 0.252. The van der Waals surface area contributed by atoms with Crippen LogP contribution in [0.2, 0.25) is 0 Å². The van der Waals surface area contributed by atoms with Crippen molar-refractivity contribution in [2.75, 3.05) is 11.9 Å². The minimum atomic E-state index is -0.431. The van der Waals surface area contributed by atoms with E-state index in [1.165, 1.54) is 11.0 Å². The van der Waals surface area contributed by atoms with Gasteiger partial charge in [0.15, 0.2) is 11.5 Å². The van der Waals surface area contributed by atoms with Crippen molar-refractivity contribution in [2.45, 2.75) is 19.9 Å². The molecule has 0 aromatic carbocycles. The molecule has 12 heteroatoms. The molecule has 2 N–H and O–H groups in total. The molecule has 0 saturated carbocycles. The Labute approximate surface area is 170 Å². The lowest BCUT2D eigenvalue weighted by atomic mass is 10.1. The zero-order valence-corrected chi connectivity index (χ0v) is 16.0. The van der Waals surface area contributed by atoms with Gasteiger partial charge in [-0.15, -0.1) is 15.3 Å². The maximum Gasteiger partial charge on any atom is 0.321 e. The third kappa shape index (κ3) is 4.20. The van der Waals surface area contributed by atoms with Gasteiger partial charge < -0.3 is 5.32 Å². The molecule has 4 aromatic rings. The van der Waals surface area contributed by atoms with Crippen LogP contribution in [-0.2, 0) is 13.0 Å². The van der Waals surface area contributed by atoms with Crippen LogP contribution in [0.1, 0.15) is 18.3 Å². The van der Waals surface area contributed by atoms with E-state index < -0.39 is 6.03 Å². The Balaban J connectivity index is 1.39. The summed E-state index contributed by atoms with van der Waals surface area (Å²) >= 11 is 0. The number of hydrogen-bond acceptors (Lipinski definition) is 8. The molecule has 0 aliphatic carbocycles. The Morgan fingerprint density at radius 2 is 2.13 bits per heavy atom. The van der Waals surface area contributed by atoms with E-state index in [2.05, 4.69) is 47.2 Å².